The molecule has 0 atom stereocenters. The average Bonchev–Trinajstić information content (AvgIpc) is 3.28. The zero-order valence-corrected chi connectivity index (χ0v) is 14.4. The molecule has 2 aromatic heterocycles. The highest BCUT2D eigenvalue weighted by atomic mass is 15.1. The Kier molecular flexibility index (Phi) is 3.27. The molecule has 3 heteroatoms. The van der Waals surface area contributed by atoms with Gasteiger partial charge in [0.25, 0.3) is 0 Å². The van der Waals surface area contributed by atoms with Crippen molar-refractivity contribution in [2.24, 2.45) is 0 Å². The highest BCUT2D eigenvalue weighted by Gasteiger charge is 2.23. The van der Waals surface area contributed by atoms with E-state index in [0.29, 0.717) is 0 Å². The van der Waals surface area contributed by atoms with Crippen molar-refractivity contribution in [1.82, 2.24) is 14.8 Å². The van der Waals surface area contributed by atoms with Gasteiger partial charge in [-0.1, -0.05) is 36.4 Å². The van der Waals surface area contributed by atoms with E-state index >= 15 is 0 Å². The third-order valence-corrected chi connectivity index (χ3v) is 5.30. The second kappa shape index (κ2) is 5.62. The Balaban J connectivity index is 1.49. The maximum Gasteiger partial charge on any atom is 0.0653 e. The van der Waals surface area contributed by atoms with Crippen LogP contribution in [0.3, 0.4) is 0 Å². The van der Waals surface area contributed by atoms with Crippen LogP contribution in [0.1, 0.15) is 35.6 Å². The summed E-state index contributed by atoms with van der Waals surface area (Å²) in [5.41, 5.74) is 7.73. The van der Waals surface area contributed by atoms with E-state index in [9.17, 15) is 0 Å². The molecule has 2 aromatic carbocycles. The molecule has 124 valence electrons. The van der Waals surface area contributed by atoms with Crippen molar-refractivity contribution in [2.45, 2.75) is 32.2 Å². The van der Waals surface area contributed by atoms with Crippen LogP contribution in [0.2, 0.25) is 0 Å². The van der Waals surface area contributed by atoms with Gasteiger partial charge in [-0.25, -0.2) is 0 Å². The van der Waals surface area contributed by atoms with Crippen LogP contribution in [-0.4, -0.2) is 14.8 Å². The molecular weight excluding hydrogens is 306 g/mol. The number of nitrogens with zero attached hydrogens (tertiary/aromatic N) is 2. The van der Waals surface area contributed by atoms with Crippen molar-refractivity contribution in [1.29, 1.82) is 0 Å². The summed E-state index contributed by atoms with van der Waals surface area (Å²) in [6.45, 7) is 3.05. The van der Waals surface area contributed by atoms with Gasteiger partial charge < -0.3 is 4.57 Å². The van der Waals surface area contributed by atoms with E-state index in [1.165, 1.54) is 40.9 Å². The molecule has 2 heterocycles. The number of aromatic nitrogens is 3. The lowest BCUT2D eigenvalue weighted by Crippen LogP contribution is -2.03. The lowest BCUT2D eigenvalue weighted by Gasteiger charge is -2.13. The Morgan fingerprint density at radius 3 is 2.68 bits per heavy atom. The number of aryl methyl sites for hydroxylation is 1. The average molecular weight is 327 g/mol. The summed E-state index contributed by atoms with van der Waals surface area (Å²) in [7, 11) is 0. The molecule has 0 radical (unpaired) electrons. The quantitative estimate of drug-likeness (QED) is 0.544. The van der Waals surface area contributed by atoms with Gasteiger partial charge in [-0.2, -0.15) is 5.10 Å². The first-order valence-electron chi connectivity index (χ1n) is 8.96. The van der Waals surface area contributed by atoms with E-state index < -0.39 is 0 Å². The molecule has 1 saturated carbocycles. The van der Waals surface area contributed by atoms with Gasteiger partial charge in [-0.3, -0.25) is 5.10 Å². The van der Waals surface area contributed by atoms with E-state index in [0.717, 1.165) is 23.4 Å². The Labute approximate surface area is 147 Å². The second-order valence-electron chi connectivity index (χ2n) is 7.13. The van der Waals surface area contributed by atoms with Gasteiger partial charge in [0, 0.05) is 23.3 Å². The highest BCUT2D eigenvalue weighted by molar-refractivity contribution is 5.78. The zero-order chi connectivity index (χ0) is 16.8. The number of hydrogen-bond acceptors (Lipinski definition) is 1. The van der Waals surface area contributed by atoms with E-state index in [-0.39, 0.29) is 0 Å². The number of rotatable bonds is 4. The van der Waals surface area contributed by atoms with Gasteiger partial charge in [-0.05, 0) is 60.6 Å². The van der Waals surface area contributed by atoms with Crippen LogP contribution in [0.5, 0.6) is 0 Å². The molecule has 1 aliphatic rings. The number of hydrogen-bond donors (Lipinski definition) is 1. The van der Waals surface area contributed by atoms with Gasteiger partial charge in [0.2, 0.25) is 0 Å². The van der Waals surface area contributed by atoms with Crippen molar-refractivity contribution in [3.63, 3.8) is 0 Å². The van der Waals surface area contributed by atoms with Crippen LogP contribution in [-0.2, 0) is 6.54 Å². The first-order chi connectivity index (χ1) is 12.3. The fourth-order valence-electron chi connectivity index (χ4n) is 3.64. The number of fused-ring (bicyclic) bond motifs is 1. The first kappa shape index (κ1) is 14.5. The highest BCUT2D eigenvalue weighted by Crippen LogP contribution is 2.40. The lowest BCUT2D eigenvalue weighted by atomic mass is 10.1. The lowest BCUT2D eigenvalue weighted by molar-refractivity contribution is 0.785. The number of H-pyrrole nitrogens is 1. The van der Waals surface area contributed by atoms with Crippen molar-refractivity contribution in [3.05, 3.63) is 77.6 Å². The third-order valence-electron chi connectivity index (χ3n) is 5.30. The molecule has 0 unspecified atom stereocenters. The van der Waals surface area contributed by atoms with Gasteiger partial charge >= 0.3 is 0 Å². The van der Waals surface area contributed by atoms with Crippen LogP contribution in [0.15, 0.2) is 60.8 Å². The Morgan fingerprint density at radius 1 is 1.04 bits per heavy atom. The molecule has 1 fully saturated rings. The van der Waals surface area contributed by atoms with E-state index in [1.54, 1.807) is 0 Å². The number of nitrogens with one attached hydrogen (secondary N) is 1. The van der Waals surface area contributed by atoms with E-state index in [2.05, 4.69) is 76.3 Å². The monoisotopic (exact) mass is 327 g/mol. The first-order valence-corrected chi connectivity index (χ1v) is 8.96. The maximum atomic E-state index is 4.12. The summed E-state index contributed by atoms with van der Waals surface area (Å²) < 4.78 is 2.39. The van der Waals surface area contributed by atoms with Crippen LogP contribution in [0, 0.1) is 6.92 Å². The Bertz CT molecular complexity index is 1030. The minimum absolute atomic E-state index is 0.809. The van der Waals surface area contributed by atoms with Gasteiger partial charge in [0.1, 0.15) is 0 Å². The van der Waals surface area contributed by atoms with Crippen molar-refractivity contribution < 1.29 is 0 Å². The standard InChI is InChI=1S/C22H21N3/c1-15-2-11-22(19-9-7-18(8-10-19)17-5-6-17)25(15)14-16-3-4-20-13-23-24-21(20)12-16/h2-4,7-13,17H,5-6,14H2,1H3,(H,23,24). The van der Waals surface area contributed by atoms with Crippen molar-refractivity contribution in [2.75, 3.05) is 0 Å². The van der Waals surface area contributed by atoms with Crippen molar-refractivity contribution in [3.8, 4) is 11.3 Å². The predicted octanol–water partition coefficient (Wildman–Crippen LogP) is 5.27. The van der Waals surface area contributed by atoms with Crippen molar-refractivity contribution >= 4 is 10.9 Å². The molecule has 25 heavy (non-hydrogen) atoms. The number of benzene rings is 2. The summed E-state index contributed by atoms with van der Waals surface area (Å²) >= 11 is 0. The van der Waals surface area contributed by atoms with Crippen LogP contribution in [0.4, 0.5) is 0 Å². The van der Waals surface area contributed by atoms with Gasteiger partial charge in [-0.15, -0.1) is 0 Å². The molecule has 0 saturated heterocycles. The molecule has 0 spiro atoms. The van der Waals surface area contributed by atoms with Crippen LogP contribution in [0.25, 0.3) is 22.2 Å². The predicted molar refractivity (Wildman–Crippen MR) is 102 cm³/mol. The third kappa shape index (κ3) is 2.66. The van der Waals surface area contributed by atoms with E-state index in [1.807, 2.05) is 6.20 Å². The summed E-state index contributed by atoms with van der Waals surface area (Å²) in [6, 6.07) is 20.1. The molecule has 4 aromatic rings. The van der Waals surface area contributed by atoms with Gasteiger partial charge in [0.15, 0.2) is 0 Å². The summed E-state index contributed by atoms with van der Waals surface area (Å²) in [4.78, 5) is 0. The topological polar surface area (TPSA) is 33.6 Å². The summed E-state index contributed by atoms with van der Waals surface area (Å²) in [6.07, 6.45) is 4.57. The molecule has 0 aliphatic heterocycles. The molecule has 1 aliphatic carbocycles. The molecule has 5 rings (SSSR count). The van der Waals surface area contributed by atoms with E-state index in [4.69, 9.17) is 0 Å². The minimum atomic E-state index is 0.809. The van der Waals surface area contributed by atoms with Crippen LogP contribution < -0.4 is 0 Å². The second-order valence-corrected chi connectivity index (χ2v) is 7.13. The molecule has 3 nitrogen and oxygen atoms in total. The maximum absolute atomic E-state index is 4.12. The largest absolute Gasteiger partial charge is 0.340 e. The fourth-order valence-corrected chi connectivity index (χ4v) is 3.64. The molecule has 0 bridgehead atoms. The molecule has 1 N–H and O–H groups in total. The normalized spacial score (nSPS) is 14.3. The Morgan fingerprint density at radius 2 is 1.88 bits per heavy atom. The number of aromatic amines is 1. The fraction of sp³-hybridized carbons (Fsp3) is 0.227. The molecule has 0 amide bonds. The van der Waals surface area contributed by atoms with Gasteiger partial charge in [0.05, 0.1) is 11.7 Å². The Hall–Kier alpha value is -2.81. The van der Waals surface area contributed by atoms with Crippen LogP contribution >= 0.6 is 0 Å². The minimum Gasteiger partial charge on any atom is -0.340 e. The zero-order valence-electron chi connectivity index (χ0n) is 14.4. The molecular formula is C22H21N3. The summed E-state index contributed by atoms with van der Waals surface area (Å²) in [5.74, 6) is 0.809. The summed E-state index contributed by atoms with van der Waals surface area (Å²) in [5, 5.41) is 8.34. The smallest absolute Gasteiger partial charge is 0.0653 e. The SMILES string of the molecule is Cc1ccc(-c2ccc(C3CC3)cc2)n1Cc1ccc2cn[nH]c2c1.